The molecule has 310 valence electrons. The average molecular weight is 855 g/mol. The quantitative estimate of drug-likeness (QED) is 0.166. The summed E-state index contributed by atoms with van der Waals surface area (Å²) in [5.41, 5.74) is 13.4. The molecule has 0 unspecified atom stereocenters. The maximum atomic E-state index is 9.50. The standard InChI is InChI=1S/C59H34N8/c60-35-37-23-27-39(28-24-37)57-62-58(40-29-25-38(36-61)26-30-40)64-59(63-57)41-31-33-44(34-32-41)67-50-22-12-9-19-47(50)53-55-51(45-17-7-10-20-48(45)65(55)42-13-3-1-4-14-42)54-52(56(53)67)46-18-8-11-21-49(46)66(54)43-15-5-2-6-16-43/h1-34H. The molecule has 4 aromatic heterocycles. The van der Waals surface area contributed by atoms with Crippen molar-refractivity contribution in [3.63, 3.8) is 0 Å². The van der Waals surface area contributed by atoms with Crippen molar-refractivity contribution in [2.75, 3.05) is 0 Å². The molecule has 8 heteroatoms. The van der Waals surface area contributed by atoms with Crippen molar-refractivity contribution < 1.29 is 0 Å². The summed E-state index contributed by atoms with van der Waals surface area (Å²) in [4.78, 5) is 14.9. The molecule has 9 aromatic carbocycles. The Hall–Kier alpha value is -9.63. The third-order valence-corrected chi connectivity index (χ3v) is 12.9. The highest BCUT2D eigenvalue weighted by Gasteiger charge is 2.28. The highest BCUT2D eigenvalue weighted by Crippen LogP contribution is 2.50. The van der Waals surface area contributed by atoms with E-state index in [1.165, 1.54) is 26.9 Å². The summed E-state index contributed by atoms with van der Waals surface area (Å²) in [6, 6.07) is 75.2. The lowest BCUT2D eigenvalue weighted by Crippen LogP contribution is -2.01. The molecule has 0 atom stereocenters. The summed E-state index contributed by atoms with van der Waals surface area (Å²) in [7, 11) is 0. The highest BCUT2D eigenvalue weighted by atomic mass is 15.1. The van der Waals surface area contributed by atoms with Crippen LogP contribution < -0.4 is 0 Å². The summed E-state index contributed by atoms with van der Waals surface area (Å²) in [6.07, 6.45) is 0. The third-order valence-electron chi connectivity index (χ3n) is 12.9. The molecule has 0 fully saturated rings. The summed E-state index contributed by atoms with van der Waals surface area (Å²) in [6.45, 7) is 0. The van der Waals surface area contributed by atoms with Crippen molar-refractivity contribution >= 4 is 65.4 Å². The molecule has 0 bridgehead atoms. The number of hydrogen-bond donors (Lipinski definition) is 0. The van der Waals surface area contributed by atoms with E-state index in [0.29, 0.717) is 28.6 Å². The molecule has 8 nitrogen and oxygen atoms in total. The van der Waals surface area contributed by atoms with E-state index in [0.717, 1.165) is 72.2 Å². The predicted octanol–water partition coefficient (Wildman–Crippen LogP) is 13.9. The summed E-state index contributed by atoms with van der Waals surface area (Å²) in [5, 5.41) is 26.1. The molecule has 13 aromatic rings. The second-order valence-corrected chi connectivity index (χ2v) is 16.6. The zero-order valence-corrected chi connectivity index (χ0v) is 35.7. The molecule has 0 aliphatic carbocycles. The van der Waals surface area contributed by atoms with Gasteiger partial charge in [0.15, 0.2) is 17.5 Å². The van der Waals surface area contributed by atoms with Crippen LogP contribution in [0.3, 0.4) is 0 Å². The number of nitrogens with zero attached hydrogens (tertiary/aromatic N) is 8. The fraction of sp³-hybridized carbons (Fsp3) is 0. The molecule has 0 amide bonds. The first kappa shape index (κ1) is 37.9. The summed E-state index contributed by atoms with van der Waals surface area (Å²) in [5.74, 6) is 1.47. The minimum atomic E-state index is 0.482. The summed E-state index contributed by atoms with van der Waals surface area (Å²) >= 11 is 0. The highest BCUT2D eigenvalue weighted by molar-refractivity contribution is 6.40. The summed E-state index contributed by atoms with van der Waals surface area (Å²) < 4.78 is 7.34. The van der Waals surface area contributed by atoms with Crippen LogP contribution in [0.5, 0.6) is 0 Å². The fourth-order valence-electron chi connectivity index (χ4n) is 10.0. The lowest BCUT2D eigenvalue weighted by atomic mass is 10.0. The second kappa shape index (κ2) is 15.0. The monoisotopic (exact) mass is 854 g/mol. The Kier molecular flexibility index (Phi) is 8.48. The minimum absolute atomic E-state index is 0.482. The second-order valence-electron chi connectivity index (χ2n) is 16.6. The van der Waals surface area contributed by atoms with Gasteiger partial charge in [0.1, 0.15) is 0 Å². The number of fused-ring (bicyclic) bond motifs is 12. The van der Waals surface area contributed by atoms with E-state index >= 15 is 0 Å². The normalized spacial score (nSPS) is 11.6. The topological polar surface area (TPSA) is 101 Å². The minimum Gasteiger partial charge on any atom is -0.308 e. The number of hydrogen-bond acceptors (Lipinski definition) is 5. The maximum absolute atomic E-state index is 9.50. The van der Waals surface area contributed by atoms with E-state index < -0.39 is 0 Å². The first-order valence-corrected chi connectivity index (χ1v) is 22.1. The molecule has 0 aliphatic heterocycles. The number of para-hydroxylation sites is 5. The van der Waals surface area contributed by atoms with Gasteiger partial charge in [0.05, 0.1) is 56.4 Å². The Morgan fingerprint density at radius 3 is 0.910 bits per heavy atom. The molecule has 0 aliphatic rings. The first-order valence-electron chi connectivity index (χ1n) is 22.1. The molecule has 13 rings (SSSR count). The van der Waals surface area contributed by atoms with Gasteiger partial charge < -0.3 is 13.7 Å². The van der Waals surface area contributed by atoms with Crippen LogP contribution in [0, 0.1) is 22.7 Å². The Balaban J connectivity index is 1.12. The van der Waals surface area contributed by atoms with Crippen LogP contribution >= 0.6 is 0 Å². The number of aromatic nitrogens is 6. The van der Waals surface area contributed by atoms with Crippen molar-refractivity contribution in [2.45, 2.75) is 0 Å². The Morgan fingerprint density at radius 2 is 0.582 bits per heavy atom. The van der Waals surface area contributed by atoms with E-state index in [4.69, 9.17) is 15.0 Å². The van der Waals surface area contributed by atoms with Crippen molar-refractivity contribution in [3.8, 4) is 63.4 Å². The molecule has 4 heterocycles. The van der Waals surface area contributed by atoms with E-state index in [2.05, 4.69) is 184 Å². The molecular formula is C59H34N8. The zero-order chi connectivity index (χ0) is 44.6. The number of nitriles is 2. The van der Waals surface area contributed by atoms with Crippen LogP contribution in [-0.4, -0.2) is 28.7 Å². The fourth-order valence-corrected chi connectivity index (χ4v) is 10.0. The van der Waals surface area contributed by atoms with Gasteiger partial charge in [-0.25, -0.2) is 15.0 Å². The van der Waals surface area contributed by atoms with E-state index in [1.807, 2.05) is 24.3 Å². The predicted molar refractivity (Wildman–Crippen MR) is 269 cm³/mol. The van der Waals surface area contributed by atoms with Crippen molar-refractivity contribution in [1.82, 2.24) is 28.7 Å². The van der Waals surface area contributed by atoms with Gasteiger partial charge >= 0.3 is 0 Å². The van der Waals surface area contributed by atoms with Gasteiger partial charge in [-0.1, -0.05) is 91.0 Å². The molecule has 67 heavy (non-hydrogen) atoms. The molecule has 0 N–H and O–H groups in total. The lowest BCUT2D eigenvalue weighted by Gasteiger charge is -2.14. The number of rotatable bonds is 6. The molecular weight excluding hydrogens is 821 g/mol. The average Bonchev–Trinajstić information content (AvgIpc) is 4.05. The van der Waals surface area contributed by atoms with E-state index in [-0.39, 0.29) is 0 Å². The van der Waals surface area contributed by atoms with E-state index in [1.54, 1.807) is 24.3 Å². The van der Waals surface area contributed by atoms with Gasteiger partial charge in [0, 0.05) is 66.1 Å². The lowest BCUT2D eigenvalue weighted by molar-refractivity contribution is 1.07. The van der Waals surface area contributed by atoms with Gasteiger partial charge in [-0.3, -0.25) is 0 Å². The van der Waals surface area contributed by atoms with Gasteiger partial charge in [0.25, 0.3) is 0 Å². The maximum Gasteiger partial charge on any atom is 0.164 e. The smallest absolute Gasteiger partial charge is 0.164 e. The van der Waals surface area contributed by atoms with Gasteiger partial charge in [-0.2, -0.15) is 10.5 Å². The van der Waals surface area contributed by atoms with Gasteiger partial charge in [0.2, 0.25) is 0 Å². The number of benzene rings is 9. The zero-order valence-electron chi connectivity index (χ0n) is 35.7. The van der Waals surface area contributed by atoms with Crippen molar-refractivity contribution in [2.24, 2.45) is 0 Å². The Morgan fingerprint density at radius 1 is 0.299 bits per heavy atom. The van der Waals surface area contributed by atoms with Crippen LogP contribution in [0.4, 0.5) is 0 Å². The Labute approximate surface area is 383 Å². The van der Waals surface area contributed by atoms with Crippen LogP contribution in [0.25, 0.3) is 117 Å². The third kappa shape index (κ3) is 5.81. The van der Waals surface area contributed by atoms with Gasteiger partial charge in [-0.05, 0) is 115 Å². The van der Waals surface area contributed by atoms with E-state index in [9.17, 15) is 10.5 Å². The largest absolute Gasteiger partial charge is 0.308 e. The molecule has 0 saturated carbocycles. The molecule has 0 radical (unpaired) electrons. The Bertz CT molecular complexity index is 4040. The van der Waals surface area contributed by atoms with Crippen LogP contribution in [0.2, 0.25) is 0 Å². The molecule has 0 spiro atoms. The van der Waals surface area contributed by atoms with Crippen molar-refractivity contribution in [3.05, 3.63) is 217 Å². The first-order chi connectivity index (χ1) is 33.2. The molecule has 0 saturated heterocycles. The van der Waals surface area contributed by atoms with Crippen LogP contribution in [0.15, 0.2) is 206 Å². The van der Waals surface area contributed by atoms with Crippen LogP contribution in [-0.2, 0) is 0 Å². The van der Waals surface area contributed by atoms with Gasteiger partial charge in [-0.15, -0.1) is 0 Å². The SMILES string of the molecule is N#Cc1ccc(-c2nc(-c3ccc(C#N)cc3)nc(-c3ccc(-n4c5ccccc5c5c6c(c7ccccc7n6-c6ccccc6)c6c(c7ccccc7n6-c6ccccc6)c54)cc3)n2)cc1. The van der Waals surface area contributed by atoms with Crippen molar-refractivity contribution in [1.29, 1.82) is 10.5 Å². The van der Waals surface area contributed by atoms with Crippen LogP contribution in [0.1, 0.15) is 11.1 Å².